The average molecular weight is 575 g/mol. The van der Waals surface area contributed by atoms with Crippen molar-refractivity contribution in [1.29, 1.82) is 0 Å². The zero-order valence-corrected chi connectivity index (χ0v) is 26.6. The van der Waals surface area contributed by atoms with E-state index in [1.54, 1.807) is 6.08 Å². The van der Waals surface area contributed by atoms with E-state index in [-0.39, 0.29) is 23.5 Å². The fourth-order valence-corrected chi connectivity index (χ4v) is 10.2. The van der Waals surface area contributed by atoms with E-state index in [0.717, 1.165) is 6.42 Å². The number of hydrogen-bond donors (Lipinski definition) is 1. The minimum absolute atomic E-state index is 0.0791. The van der Waals surface area contributed by atoms with Crippen molar-refractivity contribution in [3.8, 4) is 0 Å². The summed E-state index contributed by atoms with van der Waals surface area (Å²) in [6, 6.07) is 0. The molecule has 0 spiro atoms. The largest absolute Gasteiger partial charge is 0.468 e. The van der Waals surface area contributed by atoms with Gasteiger partial charge in [0.15, 0.2) is 11.2 Å². The predicted molar refractivity (Wildman–Crippen MR) is 152 cm³/mol. The van der Waals surface area contributed by atoms with Gasteiger partial charge in [-0.25, -0.2) is 0 Å². The van der Waals surface area contributed by atoms with Gasteiger partial charge in [0.1, 0.15) is 0 Å². The highest BCUT2D eigenvalue weighted by molar-refractivity contribution is 6.03. The van der Waals surface area contributed by atoms with Crippen LogP contribution in [0.4, 0.5) is 0 Å². The molecule has 0 bridgehead atoms. The Bertz CT molecular complexity index is 1150. The number of ether oxygens (including phenoxy) is 3. The molecule has 0 aromatic carbocycles. The average Bonchev–Trinajstić information content (AvgIpc) is 2.91. The molecular formula is C33H50O8. The number of esters is 3. The lowest BCUT2D eigenvalue weighted by molar-refractivity contribution is -0.206. The molecule has 0 radical (unpaired) electrons. The summed E-state index contributed by atoms with van der Waals surface area (Å²) in [6.07, 6.45) is 4.78. The van der Waals surface area contributed by atoms with Crippen LogP contribution < -0.4 is 0 Å². The highest BCUT2D eigenvalue weighted by Gasteiger charge is 2.72. The van der Waals surface area contributed by atoms with Crippen LogP contribution in [0.1, 0.15) is 93.4 Å². The van der Waals surface area contributed by atoms with Gasteiger partial charge in [-0.1, -0.05) is 41.5 Å². The van der Waals surface area contributed by atoms with Gasteiger partial charge in [0.2, 0.25) is 0 Å². The minimum Gasteiger partial charge on any atom is -0.468 e. The topological polar surface area (TPSA) is 116 Å². The second kappa shape index (κ2) is 9.92. The van der Waals surface area contributed by atoms with Gasteiger partial charge in [-0.2, -0.15) is 0 Å². The van der Waals surface area contributed by atoms with Crippen LogP contribution in [0, 0.1) is 50.2 Å². The molecule has 0 aromatic rings. The van der Waals surface area contributed by atoms with Crippen molar-refractivity contribution in [3.63, 3.8) is 0 Å². The molecule has 230 valence electrons. The molecule has 4 aliphatic carbocycles. The van der Waals surface area contributed by atoms with E-state index in [1.807, 2.05) is 13.8 Å². The number of carbonyl (C=O) groups is 4. The maximum absolute atomic E-state index is 14.6. The van der Waals surface area contributed by atoms with Crippen molar-refractivity contribution in [1.82, 2.24) is 0 Å². The second-order valence-electron chi connectivity index (χ2n) is 15.3. The zero-order chi connectivity index (χ0) is 31.0. The summed E-state index contributed by atoms with van der Waals surface area (Å²) < 4.78 is 16.0. The van der Waals surface area contributed by atoms with E-state index in [1.165, 1.54) is 21.3 Å². The van der Waals surface area contributed by atoms with E-state index in [4.69, 9.17) is 14.2 Å². The van der Waals surface area contributed by atoms with E-state index >= 15 is 0 Å². The fourth-order valence-electron chi connectivity index (χ4n) is 10.2. The lowest BCUT2D eigenvalue weighted by Gasteiger charge is -2.67. The molecule has 7 unspecified atom stereocenters. The maximum atomic E-state index is 14.6. The van der Waals surface area contributed by atoms with Gasteiger partial charge in [0.05, 0.1) is 32.8 Å². The number of fused-ring (bicyclic) bond motifs is 3. The molecule has 4 aliphatic rings. The molecule has 0 heterocycles. The Morgan fingerprint density at radius 1 is 0.805 bits per heavy atom. The summed E-state index contributed by atoms with van der Waals surface area (Å²) in [7, 11) is 3.86. The van der Waals surface area contributed by atoms with Crippen molar-refractivity contribution in [3.05, 3.63) is 11.6 Å². The Balaban J connectivity index is 2.01. The summed E-state index contributed by atoms with van der Waals surface area (Å²) in [6.45, 7) is 14.3. The molecule has 0 aliphatic heterocycles. The molecule has 8 heteroatoms. The molecule has 3 fully saturated rings. The monoisotopic (exact) mass is 574 g/mol. The second-order valence-corrected chi connectivity index (χ2v) is 15.3. The number of hydrogen-bond acceptors (Lipinski definition) is 8. The summed E-state index contributed by atoms with van der Waals surface area (Å²) in [5.41, 5.74) is -4.52. The van der Waals surface area contributed by atoms with Gasteiger partial charge in [-0.05, 0) is 91.1 Å². The van der Waals surface area contributed by atoms with Gasteiger partial charge in [0, 0.05) is 11.8 Å². The molecule has 4 rings (SSSR count). The van der Waals surface area contributed by atoms with E-state index in [0.29, 0.717) is 37.7 Å². The van der Waals surface area contributed by atoms with Crippen molar-refractivity contribution >= 4 is 23.7 Å². The van der Waals surface area contributed by atoms with Crippen molar-refractivity contribution < 1.29 is 38.5 Å². The number of ketones is 1. The first-order chi connectivity index (χ1) is 18.8. The summed E-state index contributed by atoms with van der Waals surface area (Å²) >= 11 is 0. The van der Waals surface area contributed by atoms with Gasteiger partial charge in [0.25, 0.3) is 0 Å². The summed E-state index contributed by atoms with van der Waals surface area (Å²) in [4.78, 5) is 56.0. The van der Waals surface area contributed by atoms with Crippen LogP contribution in [-0.2, 0) is 33.4 Å². The Morgan fingerprint density at radius 2 is 1.37 bits per heavy atom. The summed E-state index contributed by atoms with van der Waals surface area (Å²) in [5.74, 6) is -3.21. The SMILES string of the molecule is COC(=O)C1(C(=O)OC)CCC(C)(C)CC1C1=CC(=O)C2C3(C)CCC(O)C(C)(C)C3CCC2(C)C1(C)C(=O)OC. The lowest BCUT2D eigenvalue weighted by Crippen LogP contribution is -2.67. The fraction of sp³-hybridized carbons (Fsp3) is 0.818. The minimum atomic E-state index is -1.69. The van der Waals surface area contributed by atoms with Crippen molar-refractivity contribution in [2.75, 3.05) is 21.3 Å². The van der Waals surface area contributed by atoms with Crippen LogP contribution >= 0.6 is 0 Å². The van der Waals surface area contributed by atoms with E-state index in [2.05, 4.69) is 34.6 Å². The van der Waals surface area contributed by atoms with Crippen LogP contribution in [0.15, 0.2) is 11.6 Å². The molecule has 8 nitrogen and oxygen atoms in total. The Labute approximate surface area is 244 Å². The molecule has 0 saturated heterocycles. The van der Waals surface area contributed by atoms with Crippen LogP contribution in [-0.4, -0.2) is 56.2 Å². The highest BCUT2D eigenvalue weighted by atomic mass is 16.5. The number of methoxy groups -OCH3 is 3. The third-order valence-corrected chi connectivity index (χ3v) is 12.7. The molecule has 0 aromatic heterocycles. The first-order valence-corrected chi connectivity index (χ1v) is 15.0. The molecule has 1 N–H and O–H groups in total. The van der Waals surface area contributed by atoms with E-state index in [9.17, 15) is 24.3 Å². The van der Waals surface area contributed by atoms with E-state index < -0.39 is 62.9 Å². The lowest BCUT2D eigenvalue weighted by atomic mass is 9.35. The van der Waals surface area contributed by atoms with Crippen LogP contribution in [0.25, 0.3) is 0 Å². The highest BCUT2D eigenvalue weighted by Crippen LogP contribution is 2.72. The molecule has 41 heavy (non-hydrogen) atoms. The first-order valence-electron chi connectivity index (χ1n) is 15.0. The van der Waals surface area contributed by atoms with Gasteiger partial charge in [-0.3, -0.25) is 19.2 Å². The maximum Gasteiger partial charge on any atom is 0.323 e. The Kier molecular flexibility index (Phi) is 7.67. The van der Waals surface area contributed by atoms with Gasteiger partial charge in [-0.15, -0.1) is 0 Å². The Hall–Kier alpha value is -2.22. The quantitative estimate of drug-likeness (QED) is 0.282. The zero-order valence-electron chi connectivity index (χ0n) is 26.6. The number of rotatable bonds is 4. The van der Waals surface area contributed by atoms with Crippen LogP contribution in [0.5, 0.6) is 0 Å². The standard InChI is InChI=1S/C33H50O8/c1-28(2)15-16-33(26(37)40-9,27(38)41-10)20(18-28)19-17-21(34)24-30(5)13-12-23(35)29(3,4)22(30)11-14-31(24,6)32(19,7)25(36)39-8/h17,20,22-24,35H,11-16,18H2,1-10H3. The number of carbonyl (C=O) groups excluding carboxylic acids is 4. The number of allylic oxidation sites excluding steroid dienone is 1. The predicted octanol–water partition coefficient (Wildman–Crippen LogP) is 5.05. The smallest absolute Gasteiger partial charge is 0.323 e. The van der Waals surface area contributed by atoms with Crippen molar-refractivity contribution in [2.24, 2.45) is 50.2 Å². The first kappa shape index (κ1) is 31.7. The number of aliphatic hydroxyl groups excluding tert-OH is 1. The number of aliphatic hydroxyl groups is 1. The molecule has 7 atom stereocenters. The van der Waals surface area contributed by atoms with Crippen LogP contribution in [0.2, 0.25) is 0 Å². The Morgan fingerprint density at radius 3 is 1.90 bits per heavy atom. The van der Waals surface area contributed by atoms with Crippen molar-refractivity contribution in [2.45, 2.75) is 99.5 Å². The molecular weight excluding hydrogens is 524 g/mol. The van der Waals surface area contributed by atoms with Gasteiger partial charge >= 0.3 is 17.9 Å². The third kappa shape index (κ3) is 4.09. The normalized spacial score (nSPS) is 40.8. The molecule has 3 saturated carbocycles. The molecule has 0 amide bonds. The summed E-state index contributed by atoms with van der Waals surface area (Å²) in [5, 5.41) is 11.0. The third-order valence-electron chi connectivity index (χ3n) is 12.7. The van der Waals surface area contributed by atoms with Gasteiger partial charge < -0.3 is 19.3 Å². The van der Waals surface area contributed by atoms with Crippen LogP contribution in [0.3, 0.4) is 0 Å².